The average molecular weight is 334 g/mol. The number of piperidine rings is 1. The number of carboxylic acids is 1. The topological polar surface area (TPSA) is 101 Å². The Morgan fingerprint density at radius 3 is 2.83 bits per heavy atom. The zero-order valence-electron chi connectivity index (χ0n) is 12.1. The molecule has 7 nitrogen and oxygen atoms in total. The molecule has 1 aromatic heterocycles. The number of fused-ring (bicyclic) bond motifs is 1. The average Bonchev–Trinajstić information content (AvgIpc) is 2.97. The number of nitro groups is 1. The Morgan fingerprint density at radius 1 is 1.35 bits per heavy atom. The highest BCUT2D eigenvalue weighted by Gasteiger charge is 2.29. The van der Waals surface area contributed by atoms with Crippen LogP contribution in [0.2, 0.25) is 0 Å². The lowest BCUT2D eigenvalue weighted by atomic mass is 9.98. The number of aliphatic carboxylic acids is 1. The van der Waals surface area contributed by atoms with Crippen molar-refractivity contribution < 1.29 is 19.6 Å². The van der Waals surface area contributed by atoms with Crippen LogP contribution in [0.25, 0.3) is 10.1 Å². The maximum Gasteiger partial charge on any atom is 0.308 e. The summed E-state index contributed by atoms with van der Waals surface area (Å²) in [7, 11) is 0. The van der Waals surface area contributed by atoms with Gasteiger partial charge in [-0.05, 0) is 25.0 Å². The van der Waals surface area contributed by atoms with Crippen molar-refractivity contribution in [3.05, 3.63) is 39.3 Å². The molecule has 0 spiro atoms. The molecule has 1 N–H and O–H groups in total. The monoisotopic (exact) mass is 334 g/mol. The van der Waals surface area contributed by atoms with Crippen LogP contribution >= 0.6 is 11.3 Å². The van der Waals surface area contributed by atoms with Crippen LogP contribution in [0.4, 0.5) is 5.69 Å². The van der Waals surface area contributed by atoms with E-state index >= 15 is 0 Å². The summed E-state index contributed by atoms with van der Waals surface area (Å²) in [5, 5.41) is 20.6. The molecule has 1 aliphatic rings. The quantitative estimate of drug-likeness (QED) is 0.687. The molecule has 1 aromatic carbocycles. The van der Waals surface area contributed by atoms with Crippen LogP contribution in [-0.2, 0) is 4.79 Å². The van der Waals surface area contributed by atoms with Crippen LogP contribution < -0.4 is 0 Å². The highest BCUT2D eigenvalue weighted by atomic mass is 32.1. The fourth-order valence-corrected chi connectivity index (χ4v) is 3.78. The van der Waals surface area contributed by atoms with Gasteiger partial charge in [0.15, 0.2) is 0 Å². The lowest BCUT2D eigenvalue weighted by molar-refractivity contribution is -0.384. The van der Waals surface area contributed by atoms with E-state index in [4.69, 9.17) is 5.11 Å². The number of benzene rings is 1. The Balaban J connectivity index is 1.86. The van der Waals surface area contributed by atoms with Crippen molar-refractivity contribution in [2.24, 2.45) is 5.92 Å². The number of carboxylic acid groups (broad SMARTS) is 1. The molecule has 0 unspecified atom stereocenters. The van der Waals surface area contributed by atoms with Gasteiger partial charge in [0.1, 0.15) is 0 Å². The molecule has 2 aromatic rings. The van der Waals surface area contributed by atoms with Gasteiger partial charge in [-0.25, -0.2) is 0 Å². The number of nitro benzene ring substituents is 1. The molecular weight excluding hydrogens is 320 g/mol. The zero-order valence-corrected chi connectivity index (χ0v) is 12.9. The van der Waals surface area contributed by atoms with Gasteiger partial charge in [0.25, 0.3) is 11.6 Å². The van der Waals surface area contributed by atoms with Crippen LogP contribution in [0.15, 0.2) is 24.3 Å². The Hall–Kier alpha value is -2.48. The summed E-state index contributed by atoms with van der Waals surface area (Å²) in [6.45, 7) is 0.750. The number of carbonyl (C=O) groups is 2. The molecule has 3 rings (SSSR count). The van der Waals surface area contributed by atoms with Crippen LogP contribution in [0, 0.1) is 16.0 Å². The van der Waals surface area contributed by atoms with Crippen LogP contribution in [0.3, 0.4) is 0 Å². The summed E-state index contributed by atoms with van der Waals surface area (Å²) >= 11 is 1.27. The molecule has 8 heteroatoms. The Kier molecular flexibility index (Phi) is 3.99. The number of nitrogens with zero attached hydrogens (tertiary/aromatic N) is 2. The molecule has 0 radical (unpaired) electrons. The predicted octanol–water partition coefficient (Wildman–Crippen LogP) is 2.75. The number of likely N-dealkylation sites (tertiary alicyclic amines) is 1. The number of thiophene rings is 1. The van der Waals surface area contributed by atoms with Crippen molar-refractivity contribution in [2.45, 2.75) is 12.8 Å². The predicted molar refractivity (Wildman–Crippen MR) is 84.7 cm³/mol. The smallest absolute Gasteiger partial charge is 0.308 e. The summed E-state index contributed by atoms with van der Waals surface area (Å²) in [4.78, 5) is 36.0. The zero-order chi connectivity index (χ0) is 16.6. The van der Waals surface area contributed by atoms with Gasteiger partial charge in [-0.3, -0.25) is 19.7 Å². The van der Waals surface area contributed by atoms with E-state index in [1.165, 1.54) is 23.5 Å². The van der Waals surface area contributed by atoms with Gasteiger partial charge in [-0.1, -0.05) is 0 Å². The Bertz CT molecular complexity index is 800. The van der Waals surface area contributed by atoms with Gasteiger partial charge in [-0.2, -0.15) is 0 Å². The van der Waals surface area contributed by atoms with E-state index in [-0.39, 0.29) is 18.1 Å². The molecule has 1 saturated heterocycles. The molecule has 1 aliphatic heterocycles. The fourth-order valence-electron chi connectivity index (χ4n) is 2.77. The van der Waals surface area contributed by atoms with E-state index in [0.717, 1.165) is 4.70 Å². The summed E-state index contributed by atoms with van der Waals surface area (Å²) in [5.74, 6) is -1.61. The summed E-state index contributed by atoms with van der Waals surface area (Å²) in [6, 6.07) is 6.12. The summed E-state index contributed by atoms with van der Waals surface area (Å²) in [5.41, 5.74) is -0.0155. The lowest BCUT2D eigenvalue weighted by Gasteiger charge is -2.30. The third kappa shape index (κ3) is 3.02. The van der Waals surface area contributed by atoms with Gasteiger partial charge in [-0.15, -0.1) is 11.3 Å². The van der Waals surface area contributed by atoms with Crippen molar-refractivity contribution in [1.29, 1.82) is 0 Å². The first-order chi connectivity index (χ1) is 11.0. The number of carbonyl (C=O) groups excluding carboxylic acids is 1. The number of hydrogen-bond donors (Lipinski definition) is 1. The number of amides is 1. The summed E-state index contributed by atoms with van der Waals surface area (Å²) < 4.78 is 0.797. The third-order valence-electron chi connectivity index (χ3n) is 3.98. The molecule has 0 aliphatic carbocycles. The number of rotatable bonds is 3. The molecule has 2 heterocycles. The largest absolute Gasteiger partial charge is 0.481 e. The Labute approximate surface area is 135 Å². The highest BCUT2D eigenvalue weighted by molar-refractivity contribution is 7.20. The molecule has 0 bridgehead atoms. The van der Waals surface area contributed by atoms with Crippen molar-refractivity contribution >= 4 is 39.0 Å². The maximum absolute atomic E-state index is 12.6. The fraction of sp³-hybridized carbons (Fsp3) is 0.333. The van der Waals surface area contributed by atoms with Gasteiger partial charge < -0.3 is 10.0 Å². The molecule has 0 saturated carbocycles. The van der Waals surface area contributed by atoms with Crippen molar-refractivity contribution in [1.82, 2.24) is 4.90 Å². The van der Waals surface area contributed by atoms with Crippen molar-refractivity contribution in [2.75, 3.05) is 13.1 Å². The van der Waals surface area contributed by atoms with Gasteiger partial charge in [0.05, 0.1) is 15.7 Å². The minimum atomic E-state index is -0.880. The normalized spacial score (nSPS) is 18.1. The molecule has 120 valence electrons. The number of hydrogen-bond acceptors (Lipinski definition) is 5. The lowest BCUT2D eigenvalue weighted by Crippen LogP contribution is -2.42. The maximum atomic E-state index is 12.6. The van der Waals surface area contributed by atoms with Crippen LogP contribution in [-0.4, -0.2) is 39.9 Å². The second-order valence-corrected chi connectivity index (χ2v) is 6.60. The van der Waals surface area contributed by atoms with Gasteiger partial charge in [0, 0.05) is 35.3 Å². The summed E-state index contributed by atoms with van der Waals surface area (Å²) in [6.07, 6.45) is 1.25. The van der Waals surface area contributed by atoms with E-state index in [1.54, 1.807) is 17.0 Å². The SMILES string of the molecule is O=C(O)[C@H]1CCCN(C(=O)c2cc3cc([N+](=O)[O-])ccc3s2)C1. The molecular formula is C15H14N2O5S. The third-order valence-corrected chi connectivity index (χ3v) is 5.08. The molecule has 1 atom stereocenters. The molecule has 23 heavy (non-hydrogen) atoms. The van der Waals surface area contributed by atoms with Crippen LogP contribution in [0.5, 0.6) is 0 Å². The molecule has 1 amide bonds. The molecule has 1 fully saturated rings. The van der Waals surface area contributed by atoms with E-state index in [0.29, 0.717) is 29.6 Å². The van der Waals surface area contributed by atoms with Crippen molar-refractivity contribution in [3.63, 3.8) is 0 Å². The second-order valence-electron chi connectivity index (χ2n) is 5.52. The van der Waals surface area contributed by atoms with Crippen LogP contribution in [0.1, 0.15) is 22.5 Å². The number of non-ortho nitro benzene ring substituents is 1. The van der Waals surface area contributed by atoms with E-state index in [2.05, 4.69) is 0 Å². The van der Waals surface area contributed by atoms with Gasteiger partial charge in [0.2, 0.25) is 0 Å². The van der Waals surface area contributed by atoms with E-state index < -0.39 is 16.8 Å². The Morgan fingerprint density at radius 2 is 2.13 bits per heavy atom. The minimum Gasteiger partial charge on any atom is -0.481 e. The van der Waals surface area contributed by atoms with E-state index in [9.17, 15) is 19.7 Å². The standard InChI is InChI=1S/C15H14N2O5S/c18-14(16-5-1-2-9(8-16)15(19)20)13-7-10-6-11(17(21)22)3-4-12(10)23-13/h3-4,6-7,9H,1-2,5,8H2,(H,19,20)/t9-/m0/s1. The first-order valence-corrected chi connectivity index (χ1v) is 7.97. The first-order valence-electron chi connectivity index (χ1n) is 7.16. The highest BCUT2D eigenvalue weighted by Crippen LogP contribution is 2.30. The van der Waals surface area contributed by atoms with Crippen molar-refractivity contribution in [3.8, 4) is 0 Å². The minimum absolute atomic E-state index is 0.0155. The van der Waals surface area contributed by atoms with Gasteiger partial charge >= 0.3 is 5.97 Å². The first kappa shape index (κ1) is 15.4. The second kappa shape index (κ2) is 5.96. The van der Waals surface area contributed by atoms with E-state index in [1.807, 2.05) is 0 Å².